The number of alkyl halides is 3. The van der Waals surface area contributed by atoms with Crippen molar-refractivity contribution in [2.24, 2.45) is 5.73 Å². The molecule has 21 heavy (non-hydrogen) atoms. The van der Waals surface area contributed by atoms with E-state index in [-0.39, 0.29) is 30.9 Å². The number of halogens is 3. The first-order valence-corrected chi connectivity index (χ1v) is 6.54. The van der Waals surface area contributed by atoms with Crippen molar-refractivity contribution < 1.29 is 27.8 Å². The fourth-order valence-electron chi connectivity index (χ4n) is 2.00. The Morgan fingerprint density at radius 3 is 2.38 bits per heavy atom. The zero-order chi connectivity index (χ0) is 16.1. The lowest BCUT2D eigenvalue weighted by Gasteiger charge is -2.36. The molecule has 0 spiro atoms. The Kier molecular flexibility index (Phi) is 6.00. The lowest BCUT2D eigenvalue weighted by atomic mass is 9.84. The lowest BCUT2D eigenvalue weighted by molar-refractivity contribution is -0.275. The summed E-state index contributed by atoms with van der Waals surface area (Å²) < 4.78 is 50.2. The molecule has 0 aliphatic rings. The van der Waals surface area contributed by atoms with Gasteiger partial charge in [-0.3, -0.25) is 0 Å². The van der Waals surface area contributed by atoms with Gasteiger partial charge in [0.25, 0.3) is 0 Å². The van der Waals surface area contributed by atoms with E-state index in [1.165, 1.54) is 38.3 Å². The molecule has 3 N–H and O–H groups in total. The van der Waals surface area contributed by atoms with Crippen LogP contribution >= 0.6 is 0 Å². The maximum atomic E-state index is 13.4. The molecule has 120 valence electrons. The van der Waals surface area contributed by atoms with E-state index in [0.29, 0.717) is 0 Å². The van der Waals surface area contributed by atoms with E-state index in [1.54, 1.807) is 0 Å². The molecule has 0 fully saturated rings. The minimum atomic E-state index is -4.91. The first kappa shape index (κ1) is 17.7. The smallest absolute Gasteiger partial charge is 0.423 e. The first-order valence-electron chi connectivity index (χ1n) is 6.54. The average Bonchev–Trinajstić information content (AvgIpc) is 2.45. The average molecular weight is 307 g/mol. The normalized spacial score (nSPS) is 16.3. The van der Waals surface area contributed by atoms with Gasteiger partial charge in [0.15, 0.2) is 0 Å². The van der Waals surface area contributed by atoms with Gasteiger partial charge in [-0.25, -0.2) is 0 Å². The van der Waals surface area contributed by atoms with Crippen LogP contribution in [0.5, 0.6) is 5.75 Å². The third-order valence-corrected chi connectivity index (χ3v) is 3.25. The summed E-state index contributed by atoms with van der Waals surface area (Å²) in [4.78, 5) is 0. The molecule has 0 radical (unpaired) electrons. The van der Waals surface area contributed by atoms with Gasteiger partial charge >= 0.3 is 6.18 Å². The van der Waals surface area contributed by atoms with E-state index in [2.05, 4.69) is 0 Å². The van der Waals surface area contributed by atoms with Crippen molar-refractivity contribution in [3.8, 4) is 5.75 Å². The molecule has 1 rings (SSSR count). The van der Waals surface area contributed by atoms with Crippen LogP contribution in [-0.4, -0.2) is 37.6 Å². The van der Waals surface area contributed by atoms with Crippen molar-refractivity contribution in [2.75, 3.05) is 20.3 Å². The molecule has 0 aliphatic carbocycles. The Labute approximate surface area is 121 Å². The summed E-state index contributed by atoms with van der Waals surface area (Å²) in [5.41, 5.74) is 2.00. The number of benzene rings is 1. The van der Waals surface area contributed by atoms with Crippen LogP contribution in [0.2, 0.25) is 0 Å². The molecule has 2 atom stereocenters. The van der Waals surface area contributed by atoms with Crippen LogP contribution in [0.15, 0.2) is 24.3 Å². The van der Waals surface area contributed by atoms with Crippen LogP contribution in [0.4, 0.5) is 13.2 Å². The second kappa shape index (κ2) is 7.11. The number of ether oxygens (including phenoxy) is 2. The van der Waals surface area contributed by atoms with E-state index in [0.717, 1.165) is 0 Å². The van der Waals surface area contributed by atoms with E-state index < -0.39 is 17.8 Å². The summed E-state index contributed by atoms with van der Waals surface area (Å²) in [7, 11) is 1.45. The van der Waals surface area contributed by atoms with Crippen molar-refractivity contribution in [3.63, 3.8) is 0 Å². The molecule has 4 nitrogen and oxygen atoms in total. The monoisotopic (exact) mass is 307 g/mol. The minimum Gasteiger partial charge on any atom is -0.491 e. The molecular weight excluding hydrogens is 287 g/mol. The molecule has 1 aromatic carbocycles. The van der Waals surface area contributed by atoms with Crippen molar-refractivity contribution in [3.05, 3.63) is 29.8 Å². The van der Waals surface area contributed by atoms with Gasteiger partial charge in [-0.2, -0.15) is 13.2 Å². The molecule has 2 unspecified atom stereocenters. The van der Waals surface area contributed by atoms with Crippen molar-refractivity contribution in [2.45, 2.75) is 31.2 Å². The van der Waals surface area contributed by atoms with Crippen LogP contribution in [0.1, 0.15) is 18.9 Å². The van der Waals surface area contributed by atoms with Crippen LogP contribution in [0.3, 0.4) is 0 Å². The largest absolute Gasteiger partial charge is 0.491 e. The number of nitrogens with two attached hydrogens (primary N) is 1. The van der Waals surface area contributed by atoms with Crippen LogP contribution in [-0.2, 0) is 10.3 Å². The number of para-hydroxylation sites is 1. The van der Waals surface area contributed by atoms with E-state index in [4.69, 9.17) is 15.2 Å². The highest BCUT2D eigenvalue weighted by Gasteiger charge is 2.59. The number of methoxy groups -OCH3 is 1. The Morgan fingerprint density at radius 2 is 1.86 bits per heavy atom. The Bertz CT molecular complexity index is 453. The minimum absolute atomic E-state index is 0.0393. The number of aliphatic hydroxyl groups is 1. The van der Waals surface area contributed by atoms with Gasteiger partial charge in [0, 0.05) is 18.7 Å². The fraction of sp³-hybridized carbons (Fsp3) is 0.571. The lowest BCUT2D eigenvalue weighted by Crippen LogP contribution is -2.55. The highest BCUT2D eigenvalue weighted by molar-refractivity contribution is 5.40. The fourth-order valence-corrected chi connectivity index (χ4v) is 2.00. The molecule has 0 saturated carbocycles. The predicted octanol–water partition coefficient (Wildman–Crippen LogP) is 2.20. The topological polar surface area (TPSA) is 64.7 Å². The highest BCUT2D eigenvalue weighted by atomic mass is 19.4. The SMILES string of the molecule is CCC(N)C(O)(c1ccccc1OCCOC)C(F)(F)F. The summed E-state index contributed by atoms with van der Waals surface area (Å²) in [6, 6.07) is 3.97. The van der Waals surface area contributed by atoms with Gasteiger partial charge in [-0.15, -0.1) is 0 Å². The van der Waals surface area contributed by atoms with Crippen molar-refractivity contribution >= 4 is 0 Å². The quantitative estimate of drug-likeness (QED) is 0.758. The van der Waals surface area contributed by atoms with E-state index in [1.807, 2.05) is 0 Å². The standard InChI is InChI=1S/C14H20F3NO3/c1-3-12(18)13(19,14(15,16)17)10-6-4-5-7-11(10)21-9-8-20-2/h4-7,12,19H,3,8-9,18H2,1-2H3. The maximum Gasteiger partial charge on any atom is 0.423 e. The van der Waals surface area contributed by atoms with E-state index >= 15 is 0 Å². The van der Waals surface area contributed by atoms with Gasteiger partial charge in [0.2, 0.25) is 5.60 Å². The summed E-state index contributed by atoms with van der Waals surface area (Å²) in [6.07, 6.45) is -4.95. The number of hydrogen-bond acceptors (Lipinski definition) is 4. The van der Waals surface area contributed by atoms with Crippen molar-refractivity contribution in [1.82, 2.24) is 0 Å². The third-order valence-electron chi connectivity index (χ3n) is 3.25. The third kappa shape index (κ3) is 3.66. The molecule has 0 saturated heterocycles. The highest BCUT2D eigenvalue weighted by Crippen LogP contribution is 2.45. The van der Waals surface area contributed by atoms with E-state index in [9.17, 15) is 18.3 Å². The van der Waals surface area contributed by atoms with Crippen LogP contribution in [0, 0.1) is 0 Å². The van der Waals surface area contributed by atoms with Gasteiger partial charge in [-0.1, -0.05) is 25.1 Å². The summed E-state index contributed by atoms with van der Waals surface area (Å²) in [5.74, 6) is -0.0572. The molecule has 0 heterocycles. The van der Waals surface area contributed by atoms with Crippen LogP contribution < -0.4 is 10.5 Å². The maximum absolute atomic E-state index is 13.4. The molecule has 0 aromatic heterocycles. The Morgan fingerprint density at radius 1 is 1.24 bits per heavy atom. The Balaban J connectivity index is 3.26. The summed E-state index contributed by atoms with van der Waals surface area (Å²) >= 11 is 0. The molecule has 0 bridgehead atoms. The predicted molar refractivity (Wildman–Crippen MR) is 72.0 cm³/mol. The van der Waals surface area contributed by atoms with Gasteiger partial charge in [0.1, 0.15) is 12.4 Å². The zero-order valence-electron chi connectivity index (χ0n) is 12.0. The molecule has 0 amide bonds. The Hall–Kier alpha value is -1.31. The molecule has 1 aromatic rings. The van der Waals surface area contributed by atoms with Gasteiger partial charge < -0.3 is 20.3 Å². The van der Waals surface area contributed by atoms with Crippen molar-refractivity contribution in [1.29, 1.82) is 0 Å². The molecular formula is C14H20F3NO3. The number of hydrogen-bond donors (Lipinski definition) is 2. The number of rotatable bonds is 7. The van der Waals surface area contributed by atoms with Gasteiger partial charge in [0.05, 0.1) is 6.61 Å². The molecule has 0 aliphatic heterocycles. The second-order valence-electron chi connectivity index (χ2n) is 4.62. The molecule has 7 heteroatoms. The first-order chi connectivity index (χ1) is 9.79. The second-order valence-corrected chi connectivity index (χ2v) is 4.62. The summed E-state index contributed by atoms with van der Waals surface area (Å²) in [5, 5.41) is 10.3. The van der Waals surface area contributed by atoms with Crippen LogP contribution in [0.25, 0.3) is 0 Å². The summed E-state index contributed by atoms with van der Waals surface area (Å²) in [6.45, 7) is 1.77. The van der Waals surface area contributed by atoms with Gasteiger partial charge in [-0.05, 0) is 12.5 Å². The zero-order valence-corrected chi connectivity index (χ0v) is 12.0.